The Bertz CT molecular complexity index is 1210. The van der Waals surface area contributed by atoms with Crippen LogP contribution in [0.25, 0.3) is 11.3 Å². The van der Waals surface area contributed by atoms with Crippen molar-refractivity contribution in [2.24, 2.45) is 0 Å². The average molecular weight is 502 g/mol. The second-order valence-corrected chi connectivity index (χ2v) is 10.4. The van der Waals surface area contributed by atoms with Crippen LogP contribution in [0.5, 0.6) is 5.88 Å². The van der Waals surface area contributed by atoms with E-state index in [9.17, 15) is 13.6 Å². The van der Waals surface area contributed by atoms with Crippen molar-refractivity contribution in [1.82, 2.24) is 25.3 Å². The summed E-state index contributed by atoms with van der Waals surface area (Å²) in [6.07, 6.45) is 6.35. The van der Waals surface area contributed by atoms with Crippen LogP contribution in [0.3, 0.4) is 0 Å². The summed E-state index contributed by atoms with van der Waals surface area (Å²) in [5.41, 5.74) is 1.31. The molecule has 1 unspecified atom stereocenters. The van der Waals surface area contributed by atoms with E-state index in [0.29, 0.717) is 34.6 Å². The highest BCUT2D eigenvalue weighted by Crippen LogP contribution is 2.38. The Labute approximate surface area is 204 Å². The zero-order chi connectivity index (χ0) is 24.5. The van der Waals surface area contributed by atoms with E-state index in [-0.39, 0.29) is 17.6 Å². The summed E-state index contributed by atoms with van der Waals surface area (Å²) in [6.45, 7) is 7.88. The molecule has 0 aliphatic heterocycles. The van der Waals surface area contributed by atoms with Gasteiger partial charge in [-0.15, -0.1) is 11.3 Å². The largest absolute Gasteiger partial charge is 0.755 e. The first-order valence-corrected chi connectivity index (χ1v) is 12.6. The molecule has 1 atom stereocenters. The molecule has 3 aromatic rings. The molecular weight excluding hydrogens is 476 g/mol. The summed E-state index contributed by atoms with van der Waals surface area (Å²) in [5.74, 6) is 0.0498. The number of nitrogens with one attached hydrogen (secondary N) is 1. The molecule has 0 saturated heterocycles. The second kappa shape index (κ2) is 9.72. The van der Waals surface area contributed by atoms with Crippen LogP contribution in [0.15, 0.2) is 30.7 Å². The van der Waals surface area contributed by atoms with Crippen molar-refractivity contribution in [1.29, 1.82) is 0 Å². The molecule has 1 saturated carbocycles. The van der Waals surface area contributed by atoms with Gasteiger partial charge in [0.2, 0.25) is 5.88 Å². The number of nitrogens with zero attached hydrogens (tertiary/aromatic N) is 5. The van der Waals surface area contributed by atoms with Gasteiger partial charge in [-0.1, -0.05) is 0 Å². The third-order valence-corrected chi connectivity index (χ3v) is 7.11. The summed E-state index contributed by atoms with van der Waals surface area (Å²) < 4.78 is 30.1. The van der Waals surface area contributed by atoms with Crippen LogP contribution in [0, 0.1) is 6.92 Å². The maximum absolute atomic E-state index is 12.9. The Balaban J connectivity index is 1.50. The van der Waals surface area contributed by atoms with E-state index in [4.69, 9.17) is 4.74 Å². The fourth-order valence-electron chi connectivity index (χ4n) is 3.50. The summed E-state index contributed by atoms with van der Waals surface area (Å²) in [6, 6.07) is 3.33. The lowest BCUT2D eigenvalue weighted by atomic mass is 9.99. The first-order chi connectivity index (χ1) is 16.2. The van der Waals surface area contributed by atoms with Gasteiger partial charge >= 0.3 is 0 Å². The van der Waals surface area contributed by atoms with E-state index < -0.39 is 16.8 Å². The summed E-state index contributed by atoms with van der Waals surface area (Å²) in [7, 11) is 0. The van der Waals surface area contributed by atoms with Gasteiger partial charge in [0.15, 0.2) is 5.13 Å². The van der Waals surface area contributed by atoms with Crippen LogP contribution in [0.4, 0.5) is 5.13 Å². The molecule has 0 aromatic carbocycles. The van der Waals surface area contributed by atoms with Crippen LogP contribution >= 0.6 is 11.3 Å². The molecule has 3 aromatic heterocycles. The smallest absolute Gasteiger partial charge is 0.270 e. The zero-order valence-electron chi connectivity index (χ0n) is 19.3. The molecular formula is C22H25N6O4S2-. The van der Waals surface area contributed by atoms with E-state index >= 15 is 0 Å². The molecule has 1 aliphatic carbocycles. The SMILES string of the molecule is CCOc1cncc(-c2ccc(C(=O)NC(C)(C)c3nc(N(C4CC4)S(=O)[O-])sc3C)nc2)n1. The fraction of sp³-hybridized carbons (Fsp3) is 0.409. The van der Waals surface area contributed by atoms with E-state index in [2.05, 4.69) is 25.3 Å². The predicted molar refractivity (Wildman–Crippen MR) is 128 cm³/mol. The Morgan fingerprint density at radius 2 is 2.06 bits per heavy atom. The van der Waals surface area contributed by atoms with Crippen LogP contribution < -0.4 is 14.4 Å². The Morgan fingerprint density at radius 3 is 2.68 bits per heavy atom. The highest BCUT2D eigenvalue weighted by molar-refractivity contribution is 7.81. The monoisotopic (exact) mass is 501 g/mol. The van der Waals surface area contributed by atoms with Crippen molar-refractivity contribution in [2.75, 3.05) is 10.9 Å². The molecule has 10 nitrogen and oxygen atoms in total. The highest BCUT2D eigenvalue weighted by Gasteiger charge is 2.35. The third kappa shape index (κ3) is 5.24. The number of hydrogen-bond donors (Lipinski definition) is 1. The number of ether oxygens (including phenoxy) is 1. The Kier molecular flexibility index (Phi) is 6.91. The van der Waals surface area contributed by atoms with Crippen LogP contribution in [0.2, 0.25) is 0 Å². The number of hydrogen-bond acceptors (Lipinski definition) is 9. The average Bonchev–Trinajstić information content (AvgIpc) is 3.54. The summed E-state index contributed by atoms with van der Waals surface area (Å²) in [5, 5.41) is 3.38. The lowest BCUT2D eigenvalue weighted by Crippen LogP contribution is -2.42. The van der Waals surface area contributed by atoms with Gasteiger partial charge in [0.25, 0.3) is 5.91 Å². The van der Waals surface area contributed by atoms with Gasteiger partial charge in [-0.05, 0) is 52.7 Å². The van der Waals surface area contributed by atoms with Gasteiger partial charge in [0, 0.05) is 33.9 Å². The molecule has 1 fully saturated rings. The molecule has 1 amide bonds. The van der Waals surface area contributed by atoms with E-state index in [1.165, 1.54) is 21.8 Å². The number of aryl methyl sites for hydroxylation is 1. The fourth-order valence-corrected chi connectivity index (χ4v) is 5.46. The van der Waals surface area contributed by atoms with E-state index in [0.717, 1.165) is 17.7 Å². The van der Waals surface area contributed by atoms with Gasteiger partial charge in [0.1, 0.15) is 5.69 Å². The number of rotatable bonds is 9. The minimum absolute atomic E-state index is 0.0314. The number of carbonyl (C=O) groups excluding carboxylic acids is 1. The molecule has 1 N–H and O–H groups in total. The van der Waals surface area contributed by atoms with Gasteiger partial charge in [-0.25, -0.2) is 9.97 Å². The summed E-state index contributed by atoms with van der Waals surface area (Å²) in [4.78, 5) is 31.2. The second-order valence-electron chi connectivity index (χ2n) is 8.36. The van der Waals surface area contributed by atoms with Crippen molar-refractivity contribution >= 4 is 33.6 Å². The lowest BCUT2D eigenvalue weighted by molar-refractivity contribution is 0.0905. The van der Waals surface area contributed by atoms with Crippen molar-refractivity contribution in [3.8, 4) is 17.1 Å². The molecule has 12 heteroatoms. The number of carbonyl (C=O) groups is 1. The summed E-state index contributed by atoms with van der Waals surface area (Å²) >= 11 is -1.08. The lowest BCUT2D eigenvalue weighted by Gasteiger charge is -2.26. The van der Waals surface area contributed by atoms with Crippen molar-refractivity contribution in [3.05, 3.63) is 47.0 Å². The molecule has 0 radical (unpaired) electrons. The number of thiazole rings is 1. The van der Waals surface area contributed by atoms with E-state index in [1.807, 2.05) is 27.7 Å². The van der Waals surface area contributed by atoms with Crippen molar-refractivity contribution in [3.63, 3.8) is 0 Å². The molecule has 3 heterocycles. The first-order valence-electron chi connectivity index (χ1n) is 10.8. The zero-order valence-corrected chi connectivity index (χ0v) is 20.9. The molecule has 0 bridgehead atoms. The maximum atomic E-state index is 12.9. The molecule has 180 valence electrons. The van der Waals surface area contributed by atoms with Gasteiger partial charge < -0.3 is 14.6 Å². The minimum Gasteiger partial charge on any atom is -0.755 e. The molecule has 1 aliphatic rings. The van der Waals surface area contributed by atoms with Crippen LogP contribution in [-0.2, 0) is 16.8 Å². The van der Waals surface area contributed by atoms with Gasteiger partial charge in [0.05, 0.1) is 35.9 Å². The van der Waals surface area contributed by atoms with Crippen LogP contribution in [0.1, 0.15) is 54.7 Å². The van der Waals surface area contributed by atoms with Crippen molar-refractivity contribution in [2.45, 2.75) is 52.1 Å². The molecule has 34 heavy (non-hydrogen) atoms. The number of anilines is 1. The minimum atomic E-state index is -2.39. The highest BCUT2D eigenvalue weighted by atomic mass is 32.2. The topological polar surface area (TPSA) is 133 Å². The normalized spacial score (nSPS) is 14.5. The van der Waals surface area contributed by atoms with E-state index in [1.54, 1.807) is 24.5 Å². The molecule has 0 spiro atoms. The predicted octanol–water partition coefficient (Wildman–Crippen LogP) is 3.13. The number of aromatic nitrogens is 4. The maximum Gasteiger partial charge on any atom is 0.270 e. The Hall–Kier alpha value is -2.96. The number of pyridine rings is 1. The van der Waals surface area contributed by atoms with Gasteiger partial charge in [-0.3, -0.25) is 23.3 Å². The molecule has 4 rings (SSSR count). The van der Waals surface area contributed by atoms with Crippen LogP contribution in [-0.4, -0.2) is 47.3 Å². The third-order valence-electron chi connectivity index (χ3n) is 5.23. The quantitative estimate of drug-likeness (QED) is 0.442. The van der Waals surface area contributed by atoms with Gasteiger partial charge in [-0.2, -0.15) is 0 Å². The Morgan fingerprint density at radius 1 is 1.29 bits per heavy atom. The van der Waals surface area contributed by atoms with Crippen molar-refractivity contribution < 1.29 is 18.3 Å². The number of amides is 1. The first kappa shape index (κ1) is 24.2. The standard InChI is InChI=1S/C22H26N6O4S2/c1-5-32-18-12-23-11-17(25-18)14-6-9-16(24-10-14)20(29)27-22(3,4)19-13(2)33-21(26-19)28(34(30)31)15-7-8-15/h6,9-12,15H,5,7-8H2,1-4H3,(H,27,29)(H,30,31)/p-1.